The second kappa shape index (κ2) is 9.27. The largest absolute Gasteiger partial charge is 0.370 e. The molecule has 1 aliphatic rings. The molecular formula is C14H27N3O5P+. The lowest BCUT2D eigenvalue weighted by molar-refractivity contribution is -0.127. The number of rotatable bonds is 9. The molecule has 1 aliphatic carbocycles. The molecule has 132 valence electrons. The molecule has 0 unspecified atom stereocenters. The maximum atomic E-state index is 11.8. The number of amides is 2. The average Bonchev–Trinajstić information content (AvgIpc) is 2.43. The molecule has 8 nitrogen and oxygen atoms in total. The number of nitrogens with two attached hydrogens (primary N) is 2. The van der Waals surface area contributed by atoms with Crippen molar-refractivity contribution in [1.29, 1.82) is 0 Å². The van der Waals surface area contributed by atoms with Crippen LogP contribution < -0.4 is 16.8 Å². The fourth-order valence-electron chi connectivity index (χ4n) is 2.81. The Hall–Kier alpha value is -1.08. The van der Waals surface area contributed by atoms with Gasteiger partial charge in [0.25, 0.3) is 7.72 Å². The Labute approximate surface area is 136 Å². The van der Waals surface area contributed by atoms with Gasteiger partial charge >= 0.3 is 0 Å². The zero-order chi connectivity index (χ0) is 17.5. The molecule has 0 spiro atoms. The number of ketones is 1. The van der Waals surface area contributed by atoms with Gasteiger partial charge in [0.2, 0.25) is 11.8 Å². The van der Waals surface area contributed by atoms with Crippen molar-refractivity contribution in [3.8, 4) is 0 Å². The standard InChI is InChI=1S/C14H26N3O5P/c15-12(6-13(16)19)14(20)17-7-11(18)9-23(21,22)8-10-4-2-1-3-5-10/h10,12,21-22H,1-9,15H2,(H2-,16,17,19,20)/p+1/t12-/m0/s1. The van der Waals surface area contributed by atoms with Gasteiger partial charge in [0.05, 0.1) is 19.0 Å². The van der Waals surface area contributed by atoms with Crippen LogP contribution in [0.5, 0.6) is 0 Å². The molecule has 7 N–H and O–H groups in total. The lowest BCUT2D eigenvalue weighted by Crippen LogP contribution is -2.45. The first kappa shape index (κ1) is 20.0. The SMILES string of the molecule is NC(=O)C[C@H](N)C(=O)NCC(=O)C[P+](O)(O)CC1CCCCC1. The summed E-state index contributed by atoms with van der Waals surface area (Å²) in [6.45, 7) is -0.334. The van der Waals surface area contributed by atoms with Crippen molar-refractivity contribution in [3.63, 3.8) is 0 Å². The quantitative estimate of drug-likeness (QED) is 0.346. The summed E-state index contributed by atoms with van der Waals surface area (Å²) < 4.78 is 0. The number of carbonyl (C=O) groups excluding carboxylic acids is 3. The molecular weight excluding hydrogens is 321 g/mol. The van der Waals surface area contributed by atoms with Crippen LogP contribution in [0.4, 0.5) is 0 Å². The predicted molar refractivity (Wildman–Crippen MR) is 87.5 cm³/mol. The van der Waals surface area contributed by atoms with Crippen molar-refractivity contribution in [2.75, 3.05) is 18.9 Å². The Kier molecular flexibility index (Phi) is 8.05. The molecule has 1 atom stereocenters. The highest BCUT2D eigenvalue weighted by molar-refractivity contribution is 7.65. The number of hydrogen-bond acceptors (Lipinski definition) is 6. The molecule has 9 heteroatoms. The highest BCUT2D eigenvalue weighted by atomic mass is 31.2. The lowest BCUT2D eigenvalue weighted by Gasteiger charge is -2.23. The summed E-state index contributed by atoms with van der Waals surface area (Å²) in [5.74, 6) is -1.57. The number of carbonyl (C=O) groups is 3. The van der Waals surface area contributed by atoms with Crippen molar-refractivity contribution in [3.05, 3.63) is 0 Å². The fraction of sp³-hybridized carbons (Fsp3) is 0.786. The summed E-state index contributed by atoms with van der Waals surface area (Å²) in [5, 5.41) is 2.29. The monoisotopic (exact) mass is 348 g/mol. The van der Waals surface area contributed by atoms with Gasteiger partial charge in [-0.1, -0.05) is 19.3 Å². The van der Waals surface area contributed by atoms with Crippen molar-refractivity contribution in [2.45, 2.75) is 44.6 Å². The van der Waals surface area contributed by atoms with Crippen LogP contribution in [0.25, 0.3) is 0 Å². The molecule has 1 fully saturated rings. The van der Waals surface area contributed by atoms with E-state index in [1.165, 1.54) is 6.42 Å². The predicted octanol–water partition coefficient (Wildman–Crippen LogP) is -0.713. The lowest BCUT2D eigenvalue weighted by atomic mass is 9.91. The van der Waals surface area contributed by atoms with Crippen molar-refractivity contribution in [2.24, 2.45) is 17.4 Å². The Morgan fingerprint density at radius 3 is 2.35 bits per heavy atom. The fourth-order valence-corrected chi connectivity index (χ4v) is 4.81. The van der Waals surface area contributed by atoms with Gasteiger partial charge in [0.1, 0.15) is 6.16 Å². The van der Waals surface area contributed by atoms with E-state index in [9.17, 15) is 24.2 Å². The van der Waals surface area contributed by atoms with Crippen LogP contribution in [0.1, 0.15) is 38.5 Å². The minimum absolute atomic E-state index is 0.262. The Morgan fingerprint density at radius 2 is 1.78 bits per heavy atom. The molecule has 0 bridgehead atoms. The molecule has 1 rings (SSSR count). The summed E-state index contributed by atoms with van der Waals surface area (Å²) in [5.41, 5.74) is 10.4. The maximum Gasteiger partial charge on any atom is 0.275 e. The summed E-state index contributed by atoms with van der Waals surface area (Å²) >= 11 is 0. The normalized spacial score (nSPS) is 17.5. The minimum Gasteiger partial charge on any atom is -0.370 e. The van der Waals surface area contributed by atoms with Crippen molar-refractivity contribution >= 4 is 25.3 Å². The number of primary amides is 1. The number of Topliss-reactive ketones (excluding diaryl/α,β-unsaturated/α-hetero) is 1. The average molecular weight is 348 g/mol. The first-order valence-corrected chi connectivity index (χ1v) is 9.92. The molecule has 2 amide bonds. The van der Waals surface area contributed by atoms with Crippen LogP contribution in [-0.4, -0.2) is 52.3 Å². The van der Waals surface area contributed by atoms with Crippen LogP contribution in [-0.2, 0) is 14.4 Å². The summed E-state index contributed by atoms with van der Waals surface area (Å²) in [7, 11) is -3.28. The molecule has 0 aliphatic heterocycles. The Bertz CT molecular complexity index is 438. The first-order chi connectivity index (χ1) is 10.7. The van der Waals surface area contributed by atoms with Gasteiger partial charge in [-0.15, -0.1) is 0 Å². The van der Waals surface area contributed by atoms with Gasteiger partial charge in [-0.05, 0) is 18.8 Å². The molecule has 23 heavy (non-hydrogen) atoms. The van der Waals surface area contributed by atoms with E-state index in [0.29, 0.717) is 0 Å². The zero-order valence-electron chi connectivity index (χ0n) is 13.2. The highest BCUT2D eigenvalue weighted by Crippen LogP contribution is 2.52. The minimum atomic E-state index is -3.28. The summed E-state index contributed by atoms with van der Waals surface area (Å²) in [4.78, 5) is 54.2. The number of nitrogens with one attached hydrogen (secondary N) is 1. The molecule has 1 saturated carbocycles. The van der Waals surface area contributed by atoms with Crippen LogP contribution in [0, 0.1) is 5.92 Å². The Balaban J connectivity index is 2.33. The second-order valence-corrected chi connectivity index (χ2v) is 8.70. The summed E-state index contributed by atoms with van der Waals surface area (Å²) in [6.07, 6.45) is 4.92. The second-order valence-electron chi connectivity index (χ2n) is 6.26. The van der Waals surface area contributed by atoms with Gasteiger partial charge in [-0.25, -0.2) is 9.79 Å². The molecule has 0 aromatic heterocycles. The molecule has 0 radical (unpaired) electrons. The first-order valence-electron chi connectivity index (χ1n) is 7.85. The van der Waals surface area contributed by atoms with E-state index in [2.05, 4.69) is 5.32 Å². The van der Waals surface area contributed by atoms with E-state index in [4.69, 9.17) is 11.5 Å². The van der Waals surface area contributed by atoms with E-state index in [1.807, 2.05) is 0 Å². The van der Waals surface area contributed by atoms with Crippen LogP contribution in [0.15, 0.2) is 0 Å². The molecule has 0 aromatic rings. The highest BCUT2D eigenvalue weighted by Gasteiger charge is 2.39. The van der Waals surface area contributed by atoms with Crippen molar-refractivity contribution in [1.82, 2.24) is 5.32 Å². The Morgan fingerprint density at radius 1 is 1.17 bits per heavy atom. The third-order valence-corrected chi connectivity index (χ3v) is 5.88. The van der Waals surface area contributed by atoms with Gasteiger partial charge in [-0.2, -0.15) is 0 Å². The topological polar surface area (TPSA) is 156 Å². The van der Waals surface area contributed by atoms with Crippen LogP contribution in [0.2, 0.25) is 0 Å². The van der Waals surface area contributed by atoms with Crippen LogP contribution >= 0.6 is 7.72 Å². The van der Waals surface area contributed by atoms with Gasteiger partial charge in [0, 0.05) is 0 Å². The van der Waals surface area contributed by atoms with E-state index in [0.717, 1.165) is 25.7 Å². The van der Waals surface area contributed by atoms with E-state index < -0.39 is 31.4 Å². The van der Waals surface area contributed by atoms with Crippen molar-refractivity contribution < 1.29 is 24.2 Å². The molecule has 0 aromatic carbocycles. The van der Waals surface area contributed by atoms with Gasteiger partial charge in [0.15, 0.2) is 11.9 Å². The van der Waals surface area contributed by atoms with E-state index >= 15 is 0 Å². The smallest absolute Gasteiger partial charge is 0.275 e. The van der Waals surface area contributed by atoms with Gasteiger partial charge < -0.3 is 16.8 Å². The summed E-state index contributed by atoms with van der Waals surface area (Å²) in [6, 6.07) is -1.11. The third kappa shape index (κ3) is 8.37. The number of hydrogen-bond donors (Lipinski definition) is 5. The van der Waals surface area contributed by atoms with Gasteiger partial charge in [-0.3, -0.25) is 14.4 Å². The maximum absolute atomic E-state index is 11.8. The molecule has 0 heterocycles. The molecule has 0 saturated heterocycles. The zero-order valence-corrected chi connectivity index (χ0v) is 14.1. The van der Waals surface area contributed by atoms with E-state index in [1.54, 1.807) is 0 Å². The van der Waals surface area contributed by atoms with Crippen LogP contribution in [0.3, 0.4) is 0 Å². The third-order valence-electron chi connectivity index (χ3n) is 3.92. The van der Waals surface area contributed by atoms with E-state index in [-0.39, 0.29) is 31.2 Å².